The van der Waals surface area contributed by atoms with Crippen molar-refractivity contribution in [1.29, 1.82) is 0 Å². The van der Waals surface area contributed by atoms with Crippen LogP contribution in [-0.2, 0) is 22.9 Å². The van der Waals surface area contributed by atoms with E-state index < -0.39 is 10.0 Å². The zero-order valence-corrected chi connectivity index (χ0v) is 13.5. The van der Waals surface area contributed by atoms with Gasteiger partial charge in [-0.15, -0.1) is 0 Å². The van der Waals surface area contributed by atoms with Crippen LogP contribution in [0.1, 0.15) is 23.1 Å². The van der Waals surface area contributed by atoms with Gasteiger partial charge in [-0.25, -0.2) is 8.42 Å². The van der Waals surface area contributed by atoms with Crippen molar-refractivity contribution in [3.8, 4) is 11.5 Å². The van der Waals surface area contributed by atoms with E-state index in [4.69, 9.17) is 4.74 Å². The number of hydrogen-bond donors (Lipinski definition) is 1. The lowest BCUT2D eigenvalue weighted by Gasteiger charge is -2.15. The van der Waals surface area contributed by atoms with Gasteiger partial charge in [0.25, 0.3) is 0 Å². The summed E-state index contributed by atoms with van der Waals surface area (Å²) in [5, 5.41) is 0. The molecule has 4 nitrogen and oxygen atoms in total. The fourth-order valence-electron chi connectivity index (χ4n) is 2.75. The Bertz CT molecular complexity index is 813. The van der Waals surface area contributed by atoms with E-state index in [-0.39, 0.29) is 0 Å². The van der Waals surface area contributed by atoms with Crippen LogP contribution < -0.4 is 9.46 Å². The fraction of sp³-hybridized carbons (Fsp3) is 0.294. The third-order valence-corrected chi connectivity index (χ3v) is 4.39. The van der Waals surface area contributed by atoms with Crippen LogP contribution in [0.15, 0.2) is 36.4 Å². The molecule has 0 radical (unpaired) electrons. The van der Waals surface area contributed by atoms with Gasteiger partial charge in [-0.2, -0.15) is 0 Å². The number of nitrogens with one attached hydrogen (secondary N) is 1. The normalized spacial score (nSPS) is 13.7. The fourth-order valence-corrected chi connectivity index (χ4v) is 3.31. The number of hydrogen-bond acceptors (Lipinski definition) is 3. The summed E-state index contributed by atoms with van der Waals surface area (Å²) < 4.78 is 31.8. The minimum Gasteiger partial charge on any atom is -0.455 e. The maximum absolute atomic E-state index is 11.6. The highest BCUT2D eigenvalue weighted by Gasteiger charge is 2.18. The van der Waals surface area contributed by atoms with Crippen molar-refractivity contribution in [3.05, 3.63) is 53.1 Å². The first-order valence-electron chi connectivity index (χ1n) is 7.29. The van der Waals surface area contributed by atoms with E-state index in [1.165, 1.54) is 11.1 Å². The summed E-state index contributed by atoms with van der Waals surface area (Å²) >= 11 is 0. The van der Waals surface area contributed by atoms with Crippen LogP contribution in [0.4, 0.5) is 5.69 Å². The molecule has 1 N–H and O–H groups in total. The Labute approximate surface area is 131 Å². The molecule has 0 heterocycles. The highest BCUT2D eigenvalue weighted by molar-refractivity contribution is 7.92. The molecule has 0 aromatic heterocycles. The predicted molar refractivity (Wildman–Crippen MR) is 88.2 cm³/mol. The molecule has 0 fully saturated rings. The van der Waals surface area contributed by atoms with E-state index >= 15 is 0 Å². The van der Waals surface area contributed by atoms with Crippen LogP contribution in [0.25, 0.3) is 0 Å². The second-order valence-corrected chi connectivity index (χ2v) is 7.46. The lowest BCUT2D eigenvalue weighted by Crippen LogP contribution is -2.11. The number of fused-ring (bicyclic) bond motifs is 1. The summed E-state index contributed by atoms with van der Waals surface area (Å²) in [6.45, 7) is 1.96. The van der Waals surface area contributed by atoms with E-state index in [2.05, 4.69) is 4.72 Å². The first kappa shape index (κ1) is 14.9. The lowest BCUT2D eigenvalue weighted by atomic mass is 10.1. The van der Waals surface area contributed by atoms with Crippen LogP contribution in [0.2, 0.25) is 0 Å². The van der Waals surface area contributed by atoms with Gasteiger partial charge in [0.15, 0.2) is 5.75 Å². The van der Waals surface area contributed by atoms with Gasteiger partial charge in [0.1, 0.15) is 5.75 Å². The molecule has 0 spiro atoms. The Hall–Kier alpha value is -2.01. The minimum atomic E-state index is -3.35. The van der Waals surface area contributed by atoms with Gasteiger partial charge in [0.2, 0.25) is 10.0 Å². The number of sulfonamides is 1. The average Bonchev–Trinajstić information content (AvgIpc) is 2.87. The molecular weight excluding hydrogens is 298 g/mol. The van der Waals surface area contributed by atoms with Crippen molar-refractivity contribution < 1.29 is 13.2 Å². The van der Waals surface area contributed by atoms with Crippen molar-refractivity contribution in [2.24, 2.45) is 0 Å². The minimum absolute atomic E-state index is 0.506. The van der Waals surface area contributed by atoms with Gasteiger partial charge in [-0.05, 0) is 61.1 Å². The largest absolute Gasteiger partial charge is 0.455 e. The molecule has 1 aliphatic carbocycles. The van der Waals surface area contributed by atoms with Gasteiger partial charge >= 0.3 is 0 Å². The zero-order chi connectivity index (χ0) is 15.7. The van der Waals surface area contributed by atoms with Gasteiger partial charge in [0.05, 0.1) is 11.9 Å². The van der Waals surface area contributed by atoms with E-state index in [0.717, 1.165) is 36.8 Å². The van der Waals surface area contributed by atoms with Crippen molar-refractivity contribution in [2.75, 3.05) is 11.0 Å². The smallest absolute Gasteiger partial charge is 0.229 e. The molecular formula is C17H19NO3S. The Kier molecular flexibility index (Phi) is 3.83. The van der Waals surface area contributed by atoms with E-state index in [9.17, 15) is 8.42 Å². The summed E-state index contributed by atoms with van der Waals surface area (Å²) in [5.41, 5.74) is 3.95. The quantitative estimate of drug-likeness (QED) is 0.936. The molecule has 0 saturated carbocycles. The number of anilines is 1. The third-order valence-electron chi connectivity index (χ3n) is 3.80. The molecule has 0 aliphatic heterocycles. The standard InChI is InChI=1S/C17H19NO3S/c1-12-6-3-4-9-16(12)21-17-11-14-8-5-7-13(14)10-15(17)18-22(2,19)20/h3-4,6,9-11,18H,5,7-8H2,1-2H3. The summed E-state index contributed by atoms with van der Waals surface area (Å²) in [6.07, 6.45) is 4.25. The number of ether oxygens (including phenoxy) is 1. The maximum Gasteiger partial charge on any atom is 0.229 e. The SMILES string of the molecule is Cc1ccccc1Oc1cc2c(cc1NS(C)(=O)=O)CCC2. The van der Waals surface area contributed by atoms with Gasteiger partial charge in [0, 0.05) is 0 Å². The zero-order valence-electron chi connectivity index (χ0n) is 12.7. The summed E-state index contributed by atoms with van der Waals surface area (Å²) in [5.74, 6) is 1.29. The van der Waals surface area contributed by atoms with Crippen LogP contribution >= 0.6 is 0 Å². The molecule has 0 unspecified atom stereocenters. The molecule has 2 aromatic carbocycles. The lowest BCUT2D eigenvalue weighted by molar-refractivity contribution is 0.480. The Morgan fingerprint density at radius 1 is 1.05 bits per heavy atom. The number of para-hydroxylation sites is 1. The first-order chi connectivity index (χ1) is 10.4. The third kappa shape index (κ3) is 3.25. The van der Waals surface area contributed by atoms with Crippen LogP contribution in [0, 0.1) is 6.92 Å². The average molecular weight is 317 g/mol. The first-order valence-corrected chi connectivity index (χ1v) is 9.18. The van der Waals surface area contributed by atoms with Crippen molar-refractivity contribution >= 4 is 15.7 Å². The second-order valence-electron chi connectivity index (χ2n) is 5.71. The summed E-state index contributed by atoms with van der Waals surface area (Å²) in [7, 11) is -3.35. The second kappa shape index (κ2) is 5.65. The van der Waals surface area contributed by atoms with Crippen molar-refractivity contribution in [1.82, 2.24) is 0 Å². The summed E-state index contributed by atoms with van der Waals surface area (Å²) in [6, 6.07) is 11.6. The highest BCUT2D eigenvalue weighted by Crippen LogP contribution is 2.37. The molecule has 0 bridgehead atoms. The molecule has 5 heteroatoms. The van der Waals surface area contributed by atoms with Crippen LogP contribution in [0.3, 0.4) is 0 Å². The molecule has 0 atom stereocenters. The van der Waals surface area contributed by atoms with E-state index in [1.54, 1.807) is 0 Å². The van der Waals surface area contributed by atoms with Crippen molar-refractivity contribution in [3.63, 3.8) is 0 Å². The van der Waals surface area contributed by atoms with Gasteiger partial charge in [-0.1, -0.05) is 18.2 Å². The molecule has 3 rings (SSSR count). The van der Waals surface area contributed by atoms with Crippen molar-refractivity contribution in [2.45, 2.75) is 26.2 Å². The summed E-state index contributed by atoms with van der Waals surface area (Å²) in [4.78, 5) is 0. The number of aryl methyl sites for hydroxylation is 3. The van der Waals surface area contributed by atoms with Crippen LogP contribution in [0.5, 0.6) is 11.5 Å². The maximum atomic E-state index is 11.6. The van der Waals surface area contributed by atoms with Gasteiger partial charge in [-0.3, -0.25) is 4.72 Å². The molecule has 2 aromatic rings. The van der Waals surface area contributed by atoms with Crippen LogP contribution in [-0.4, -0.2) is 14.7 Å². The molecule has 0 amide bonds. The Balaban J connectivity index is 2.03. The molecule has 1 aliphatic rings. The Morgan fingerprint density at radius 3 is 2.41 bits per heavy atom. The molecule has 22 heavy (non-hydrogen) atoms. The number of benzene rings is 2. The Morgan fingerprint density at radius 2 is 1.73 bits per heavy atom. The number of rotatable bonds is 4. The highest BCUT2D eigenvalue weighted by atomic mass is 32.2. The van der Waals surface area contributed by atoms with E-state index in [1.807, 2.05) is 43.3 Å². The monoisotopic (exact) mass is 317 g/mol. The predicted octanol–water partition coefficient (Wildman–Crippen LogP) is 3.65. The molecule has 0 saturated heterocycles. The van der Waals surface area contributed by atoms with Gasteiger partial charge < -0.3 is 4.74 Å². The topological polar surface area (TPSA) is 55.4 Å². The van der Waals surface area contributed by atoms with E-state index in [0.29, 0.717) is 11.4 Å². The molecule has 116 valence electrons.